The minimum atomic E-state index is -0.101. The molecule has 0 aliphatic rings. The van der Waals surface area contributed by atoms with Crippen LogP contribution in [0.4, 0.5) is 0 Å². The molecule has 1 unspecified atom stereocenters. The van der Waals surface area contributed by atoms with Gasteiger partial charge in [-0.1, -0.05) is 11.6 Å². The second kappa shape index (κ2) is 6.12. The molecular weight excluding hydrogens is 268 g/mol. The summed E-state index contributed by atoms with van der Waals surface area (Å²) in [5, 5.41) is 0.540. The number of benzene rings is 1. The van der Waals surface area contributed by atoms with E-state index in [-0.39, 0.29) is 11.0 Å². The molecule has 2 aromatic rings. The Balaban J connectivity index is 1.94. The molecule has 0 N–H and O–H groups in total. The minimum absolute atomic E-state index is 0.101. The van der Waals surface area contributed by atoms with E-state index in [1.165, 1.54) is 0 Å². The van der Waals surface area contributed by atoms with E-state index in [4.69, 9.17) is 16.0 Å². The Morgan fingerprint density at radius 1 is 1.33 bits per heavy atom. The van der Waals surface area contributed by atoms with Crippen LogP contribution in [-0.4, -0.2) is 11.0 Å². The molecule has 2 nitrogen and oxygen atoms in total. The van der Waals surface area contributed by atoms with Crippen molar-refractivity contribution in [2.75, 3.05) is 0 Å². The first-order chi connectivity index (χ1) is 8.66. The monoisotopic (exact) mass is 280 g/mol. The van der Waals surface area contributed by atoms with Crippen molar-refractivity contribution in [1.29, 1.82) is 0 Å². The molecule has 1 heterocycles. The average molecular weight is 281 g/mol. The van der Waals surface area contributed by atoms with Crippen LogP contribution in [0.2, 0.25) is 5.02 Å². The Morgan fingerprint density at radius 3 is 2.67 bits per heavy atom. The third kappa shape index (κ3) is 3.40. The Hall–Kier alpha value is -1.19. The number of ketones is 1. The predicted octanol–water partition coefficient (Wildman–Crippen LogP) is 4.44. The van der Waals surface area contributed by atoms with E-state index < -0.39 is 0 Å². The van der Waals surface area contributed by atoms with Crippen LogP contribution in [0.5, 0.6) is 0 Å². The van der Waals surface area contributed by atoms with Gasteiger partial charge in [-0.15, -0.1) is 11.8 Å². The van der Waals surface area contributed by atoms with Gasteiger partial charge >= 0.3 is 0 Å². The van der Waals surface area contributed by atoms with Crippen LogP contribution in [-0.2, 0) is 5.75 Å². The van der Waals surface area contributed by atoms with Crippen LogP contribution < -0.4 is 0 Å². The summed E-state index contributed by atoms with van der Waals surface area (Å²) in [4.78, 5) is 12.1. The maximum absolute atomic E-state index is 12.1. The SMILES string of the molecule is CC(SCc1ccco1)C(=O)c1ccc(Cl)cc1. The zero-order valence-corrected chi connectivity index (χ0v) is 11.5. The molecule has 0 bridgehead atoms. The van der Waals surface area contributed by atoms with E-state index in [0.29, 0.717) is 16.3 Å². The lowest BCUT2D eigenvalue weighted by atomic mass is 10.1. The van der Waals surface area contributed by atoms with E-state index >= 15 is 0 Å². The fraction of sp³-hybridized carbons (Fsp3) is 0.214. The Labute approximate surface area is 115 Å². The summed E-state index contributed by atoms with van der Waals surface area (Å²) >= 11 is 7.36. The molecule has 1 atom stereocenters. The summed E-state index contributed by atoms with van der Waals surface area (Å²) in [5.74, 6) is 1.70. The molecule has 0 radical (unpaired) electrons. The number of furan rings is 1. The van der Waals surface area contributed by atoms with Crippen molar-refractivity contribution < 1.29 is 9.21 Å². The van der Waals surface area contributed by atoms with Crippen LogP contribution in [0.25, 0.3) is 0 Å². The third-order valence-electron chi connectivity index (χ3n) is 2.55. The van der Waals surface area contributed by atoms with Gasteiger partial charge in [-0.05, 0) is 43.3 Å². The van der Waals surface area contributed by atoms with Crippen molar-refractivity contribution >= 4 is 29.1 Å². The molecule has 0 saturated carbocycles. The molecule has 0 aliphatic carbocycles. The number of rotatable bonds is 5. The van der Waals surface area contributed by atoms with Crippen molar-refractivity contribution in [1.82, 2.24) is 0 Å². The van der Waals surface area contributed by atoms with Crippen LogP contribution in [0, 0.1) is 0 Å². The number of halogens is 1. The average Bonchev–Trinajstić information content (AvgIpc) is 2.89. The van der Waals surface area contributed by atoms with Gasteiger partial charge in [0.1, 0.15) is 5.76 Å². The normalized spacial score (nSPS) is 12.3. The number of carbonyl (C=O) groups excluding carboxylic acids is 1. The second-order valence-corrected chi connectivity index (χ2v) is 5.67. The highest BCUT2D eigenvalue weighted by Gasteiger charge is 2.16. The minimum Gasteiger partial charge on any atom is -0.468 e. The van der Waals surface area contributed by atoms with E-state index in [1.807, 2.05) is 19.1 Å². The summed E-state index contributed by atoms with van der Waals surface area (Å²) in [6.45, 7) is 1.91. The molecule has 0 fully saturated rings. The predicted molar refractivity (Wildman–Crippen MR) is 75.2 cm³/mol. The Kier molecular flexibility index (Phi) is 4.50. The lowest BCUT2D eigenvalue weighted by molar-refractivity contribution is 0.0994. The van der Waals surface area contributed by atoms with Gasteiger partial charge in [0.05, 0.1) is 17.3 Å². The maximum atomic E-state index is 12.1. The third-order valence-corrected chi connectivity index (χ3v) is 3.97. The van der Waals surface area contributed by atoms with E-state index in [1.54, 1.807) is 42.3 Å². The van der Waals surface area contributed by atoms with Gasteiger partial charge in [-0.25, -0.2) is 0 Å². The molecule has 1 aromatic carbocycles. The number of hydrogen-bond donors (Lipinski definition) is 0. The van der Waals surface area contributed by atoms with E-state index in [2.05, 4.69) is 0 Å². The maximum Gasteiger partial charge on any atom is 0.175 e. The van der Waals surface area contributed by atoms with Crippen LogP contribution in [0.15, 0.2) is 47.1 Å². The van der Waals surface area contributed by atoms with Crippen LogP contribution >= 0.6 is 23.4 Å². The quantitative estimate of drug-likeness (QED) is 0.759. The molecule has 0 spiro atoms. The number of thioether (sulfide) groups is 1. The van der Waals surface area contributed by atoms with Crippen molar-refractivity contribution in [3.05, 3.63) is 59.0 Å². The van der Waals surface area contributed by atoms with Crippen LogP contribution in [0.1, 0.15) is 23.0 Å². The van der Waals surface area contributed by atoms with Crippen molar-refractivity contribution in [3.63, 3.8) is 0 Å². The zero-order chi connectivity index (χ0) is 13.0. The fourth-order valence-corrected chi connectivity index (χ4v) is 2.52. The van der Waals surface area contributed by atoms with E-state index in [0.717, 1.165) is 5.76 Å². The first-order valence-corrected chi connectivity index (χ1v) is 7.03. The molecule has 1 aromatic heterocycles. The molecule has 4 heteroatoms. The van der Waals surface area contributed by atoms with Gasteiger partial charge in [0.25, 0.3) is 0 Å². The highest BCUT2D eigenvalue weighted by molar-refractivity contribution is 7.99. The molecule has 0 amide bonds. The number of carbonyl (C=O) groups is 1. The lowest BCUT2D eigenvalue weighted by Gasteiger charge is -2.09. The summed E-state index contributed by atoms with van der Waals surface area (Å²) in [5.41, 5.74) is 0.693. The molecule has 18 heavy (non-hydrogen) atoms. The van der Waals surface area contributed by atoms with Gasteiger partial charge < -0.3 is 4.42 Å². The molecule has 94 valence electrons. The molecular formula is C14H13ClO2S. The van der Waals surface area contributed by atoms with Gasteiger partial charge in [-0.3, -0.25) is 4.79 Å². The van der Waals surface area contributed by atoms with Gasteiger partial charge in [0.2, 0.25) is 0 Å². The number of hydrogen-bond acceptors (Lipinski definition) is 3. The summed E-state index contributed by atoms with van der Waals surface area (Å²) in [6, 6.07) is 10.7. The molecule has 2 rings (SSSR count). The highest BCUT2D eigenvalue weighted by atomic mass is 35.5. The van der Waals surface area contributed by atoms with E-state index in [9.17, 15) is 4.79 Å². The summed E-state index contributed by atoms with van der Waals surface area (Å²) in [6.07, 6.45) is 1.64. The smallest absolute Gasteiger partial charge is 0.175 e. The van der Waals surface area contributed by atoms with Crippen molar-refractivity contribution in [3.8, 4) is 0 Å². The van der Waals surface area contributed by atoms with Crippen molar-refractivity contribution in [2.45, 2.75) is 17.9 Å². The van der Waals surface area contributed by atoms with Gasteiger partial charge in [0, 0.05) is 10.6 Å². The van der Waals surface area contributed by atoms with Gasteiger partial charge in [0.15, 0.2) is 5.78 Å². The summed E-state index contributed by atoms with van der Waals surface area (Å²) in [7, 11) is 0. The van der Waals surface area contributed by atoms with Crippen molar-refractivity contribution in [2.24, 2.45) is 0 Å². The highest BCUT2D eigenvalue weighted by Crippen LogP contribution is 2.22. The Morgan fingerprint density at radius 2 is 2.06 bits per heavy atom. The Bertz CT molecular complexity index is 505. The summed E-state index contributed by atoms with van der Waals surface area (Å²) < 4.78 is 5.24. The molecule has 0 aliphatic heterocycles. The second-order valence-electron chi connectivity index (χ2n) is 3.90. The number of Topliss-reactive ketones (excluding diaryl/α,β-unsaturated/α-hetero) is 1. The molecule has 0 saturated heterocycles. The standard InChI is InChI=1S/C14H13ClO2S/c1-10(18-9-13-3-2-8-17-13)14(16)11-4-6-12(15)7-5-11/h2-8,10H,9H2,1H3. The first kappa shape index (κ1) is 13.2. The first-order valence-electron chi connectivity index (χ1n) is 5.60. The zero-order valence-electron chi connectivity index (χ0n) is 9.93. The fourth-order valence-electron chi connectivity index (χ4n) is 1.53. The topological polar surface area (TPSA) is 30.2 Å². The van der Waals surface area contributed by atoms with Gasteiger partial charge in [-0.2, -0.15) is 0 Å². The lowest BCUT2D eigenvalue weighted by Crippen LogP contribution is -2.13. The largest absolute Gasteiger partial charge is 0.468 e. The van der Waals surface area contributed by atoms with Crippen LogP contribution in [0.3, 0.4) is 0 Å².